The second kappa shape index (κ2) is 8.41. The predicted molar refractivity (Wildman–Crippen MR) is 119 cm³/mol. The van der Waals surface area contributed by atoms with E-state index < -0.39 is 18.0 Å². The van der Waals surface area contributed by atoms with Crippen LogP contribution in [0, 0.1) is 5.92 Å². The highest BCUT2D eigenvalue weighted by molar-refractivity contribution is 6.06. The third-order valence-electron chi connectivity index (χ3n) is 7.25. The van der Waals surface area contributed by atoms with Crippen molar-refractivity contribution in [2.75, 3.05) is 7.11 Å². The number of ether oxygens (including phenoxy) is 1. The maximum atomic E-state index is 13.5. The molecular weight excluding hydrogens is 404 g/mol. The Kier molecular flexibility index (Phi) is 5.45. The first-order chi connectivity index (χ1) is 15.6. The third kappa shape index (κ3) is 3.38. The molecular formula is C26H28N2O4. The maximum absolute atomic E-state index is 13.5. The van der Waals surface area contributed by atoms with Crippen molar-refractivity contribution in [3.05, 3.63) is 60.2 Å². The number of nitrogens with zero attached hydrogens (tertiary/aromatic N) is 2. The molecule has 2 aliphatic heterocycles. The molecule has 2 saturated heterocycles. The molecule has 1 saturated carbocycles. The van der Waals surface area contributed by atoms with Crippen LogP contribution in [0.4, 0.5) is 4.79 Å². The van der Waals surface area contributed by atoms with Crippen LogP contribution in [0.1, 0.15) is 50.1 Å². The molecule has 166 valence electrons. The normalized spacial score (nSPS) is 25.8. The van der Waals surface area contributed by atoms with Crippen LogP contribution in [-0.4, -0.2) is 46.9 Å². The Labute approximate surface area is 188 Å². The summed E-state index contributed by atoms with van der Waals surface area (Å²) in [5.41, 5.74) is 3.02. The van der Waals surface area contributed by atoms with Gasteiger partial charge in [0.05, 0.1) is 19.1 Å². The molecule has 2 heterocycles. The number of carbonyl (C=O) groups is 3. The molecule has 2 aromatic rings. The van der Waals surface area contributed by atoms with E-state index in [2.05, 4.69) is 0 Å². The third-order valence-corrected chi connectivity index (χ3v) is 7.25. The van der Waals surface area contributed by atoms with Gasteiger partial charge in [-0.2, -0.15) is 0 Å². The highest BCUT2D eigenvalue weighted by Crippen LogP contribution is 2.47. The smallest absolute Gasteiger partial charge is 0.328 e. The van der Waals surface area contributed by atoms with Crippen molar-refractivity contribution in [1.29, 1.82) is 0 Å². The number of hydrogen-bond donors (Lipinski definition) is 0. The van der Waals surface area contributed by atoms with E-state index in [0.717, 1.165) is 48.8 Å². The molecule has 0 radical (unpaired) electrons. The first-order valence-corrected chi connectivity index (χ1v) is 11.5. The fourth-order valence-corrected chi connectivity index (χ4v) is 5.67. The van der Waals surface area contributed by atoms with Crippen molar-refractivity contribution in [2.45, 2.75) is 56.7 Å². The Morgan fingerprint density at radius 3 is 2.22 bits per heavy atom. The fraction of sp³-hybridized carbons (Fsp3) is 0.423. The SMILES string of the molecule is COC(=O)C1CC2C(=O)N(C3CCCCC3)C(=O)N2C1c1ccc(-c2ccccc2)cc1. The number of urea groups is 1. The molecule has 2 aromatic carbocycles. The molecule has 1 aliphatic carbocycles. The van der Waals surface area contributed by atoms with Gasteiger partial charge < -0.3 is 9.64 Å². The monoisotopic (exact) mass is 432 g/mol. The summed E-state index contributed by atoms with van der Waals surface area (Å²) in [5, 5.41) is 0. The molecule has 0 N–H and O–H groups in total. The topological polar surface area (TPSA) is 66.9 Å². The summed E-state index contributed by atoms with van der Waals surface area (Å²) in [6.45, 7) is 0. The highest BCUT2D eigenvalue weighted by Gasteiger charge is 2.59. The summed E-state index contributed by atoms with van der Waals surface area (Å²) in [6.07, 6.45) is 5.29. The molecule has 6 nitrogen and oxygen atoms in total. The lowest BCUT2D eigenvalue weighted by Crippen LogP contribution is -2.44. The number of rotatable bonds is 4. The quantitative estimate of drug-likeness (QED) is 0.525. The summed E-state index contributed by atoms with van der Waals surface area (Å²) in [6, 6.07) is 16.6. The van der Waals surface area contributed by atoms with Crippen LogP contribution in [0.2, 0.25) is 0 Å². The van der Waals surface area contributed by atoms with E-state index in [0.29, 0.717) is 6.42 Å². The van der Waals surface area contributed by atoms with E-state index >= 15 is 0 Å². The number of hydrogen-bond acceptors (Lipinski definition) is 4. The van der Waals surface area contributed by atoms with Crippen molar-refractivity contribution < 1.29 is 19.1 Å². The number of carbonyl (C=O) groups excluding carboxylic acids is 3. The van der Waals surface area contributed by atoms with Gasteiger partial charge >= 0.3 is 12.0 Å². The zero-order chi connectivity index (χ0) is 22.2. The summed E-state index contributed by atoms with van der Waals surface area (Å²) in [5.74, 6) is -1.07. The molecule has 6 heteroatoms. The lowest BCUT2D eigenvalue weighted by molar-refractivity contribution is -0.146. The highest BCUT2D eigenvalue weighted by atomic mass is 16.5. The lowest BCUT2D eigenvalue weighted by atomic mass is 9.91. The van der Waals surface area contributed by atoms with E-state index in [1.165, 1.54) is 12.0 Å². The van der Waals surface area contributed by atoms with Gasteiger partial charge in [-0.3, -0.25) is 14.5 Å². The van der Waals surface area contributed by atoms with E-state index in [1.807, 2.05) is 54.6 Å². The lowest BCUT2D eigenvalue weighted by Gasteiger charge is -2.32. The van der Waals surface area contributed by atoms with E-state index in [9.17, 15) is 14.4 Å². The second-order valence-electron chi connectivity index (χ2n) is 9.00. The van der Waals surface area contributed by atoms with Crippen molar-refractivity contribution in [3.8, 4) is 11.1 Å². The summed E-state index contributed by atoms with van der Waals surface area (Å²) < 4.78 is 5.06. The van der Waals surface area contributed by atoms with Crippen LogP contribution >= 0.6 is 0 Å². The zero-order valence-electron chi connectivity index (χ0n) is 18.3. The van der Waals surface area contributed by atoms with Gasteiger partial charge in [-0.05, 0) is 36.0 Å². The number of amides is 3. The molecule has 0 bridgehead atoms. The minimum absolute atomic E-state index is 0.0213. The standard InChI is InChI=1S/C26H28N2O4/c1-32-25(30)21-16-22-24(29)27(20-10-6-3-7-11-20)26(31)28(22)23(21)19-14-12-18(13-15-19)17-8-4-2-5-9-17/h2,4-5,8-9,12-15,20-23H,3,6-7,10-11,16H2,1H3. The Bertz CT molecular complexity index is 1010. The number of esters is 1. The van der Waals surface area contributed by atoms with Gasteiger partial charge in [0, 0.05) is 6.04 Å². The van der Waals surface area contributed by atoms with Gasteiger partial charge in [0.25, 0.3) is 5.91 Å². The van der Waals surface area contributed by atoms with Crippen LogP contribution in [0.5, 0.6) is 0 Å². The van der Waals surface area contributed by atoms with E-state index in [4.69, 9.17) is 4.74 Å². The Hall–Kier alpha value is -3.15. The minimum atomic E-state index is -0.590. The number of imide groups is 1. The molecule has 5 rings (SSSR count). The van der Waals surface area contributed by atoms with Crippen LogP contribution in [0.15, 0.2) is 54.6 Å². The van der Waals surface area contributed by atoms with Crippen LogP contribution in [0.3, 0.4) is 0 Å². The first kappa shape index (κ1) is 20.7. The van der Waals surface area contributed by atoms with Crippen molar-refractivity contribution in [3.63, 3.8) is 0 Å². The average molecular weight is 433 g/mol. The molecule has 3 unspecified atom stereocenters. The molecule has 3 amide bonds. The molecule has 3 aliphatic rings. The number of benzene rings is 2. The minimum Gasteiger partial charge on any atom is -0.469 e. The van der Waals surface area contributed by atoms with Crippen LogP contribution in [-0.2, 0) is 14.3 Å². The summed E-state index contributed by atoms with van der Waals surface area (Å²) in [7, 11) is 1.36. The van der Waals surface area contributed by atoms with Gasteiger partial charge in [-0.25, -0.2) is 4.79 Å². The molecule has 0 aromatic heterocycles. The number of fused-ring (bicyclic) bond motifs is 1. The van der Waals surface area contributed by atoms with E-state index in [-0.39, 0.29) is 23.9 Å². The second-order valence-corrected chi connectivity index (χ2v) is 9.00. The zero-order valence-corrected chi connectivity index (χ0v) is 18.3. The van der Waals surface area contributed by atoms with Crippen molar-refractivity contribution in [1.82, 2.24) is 9.80 Å². The maximum Gasteiger partial charge on any atom is 0.328 e. The first-order valence-electron chi connectivity index (χ1n) is 11.5. The van der Waals surface area contributed by atoms with Gasteiger partial charge in [0.1, 0.15) is 6.04 Å². The van der Waals surface area contributed by atoms with Gasteiger partial charge in [0.15, 0.2) is 0 Å². The molecule has 3 atom stereocenters. The van der Waals surface area contributed by atoms with Crippen LogP contribution < -0.4 is 0 Å². The van der Waals surface area contributed by atoms with Crippen molar-refractivity contribution >= 4 is 17.9 Å². The Morgan fingerprint density at radius 1 is 0.906 bits per heavy atom. The summed E-state index contributed by atoms with van der Waals surface area (Å²) in [4.78, 5) is 42.6. The van der Waals surface area contributed by atoms with Gasteiger partial charge in [-0.15, -0.1) is 0 Å². The van der Waals surface area contributed by atoms with Crippen LogP contribution in [0.25, 0.3) is 11.1 Å². The molecule has 32 heavy (non-hydrogen) atoms. The molecule has 0 spiro atoms. The predicted octanol–water partition coefficient (Wildman–Crippen LogP) is 4.55. The Balaban J connectivity index is 1.48. The molecule has 3 fully saturated rings. The van der Waals surface area contributed by atoms with Gasteiger partial charge in [0.2, 0.25) is 0 Å². The largest absolute Gasteiger partial charge is 0.469 e. The Morgan fingerprint density at radius 2 is 1.56 bits per heavy atom. The summed E-state index contributed by atoms with van der Waals surface area (Å²) >= 11 is 0. The fourth-order valence-electron chi connectivity index (χ4n) is 5.67. The van der Waals surface area contributed by atoms with E-state index in [1.54, 1.807) is 4.90 Å². The van der Waals surface area contributed by atoms with Crippen molar-refractivity contribution in [2.24, 2.45) is 5.92 Å². The average Bonchev–Trinajstić information content (AvgIpc) is 3.35. The number of methoxy groups -OCH3 is 1. The van der Waals surface area contributed by atoms with Gasteiger partial charge in [-0.1, -0.05) is 73.9 Å².